The Balaban J connectivity index is 1.62. The molecule has 0 radical (unpaired) electrons. The van der Waals surface area contributed by atoms with Crippen LogP contribution in [0.25, 0.3) is 0 Å². The number of amides is 2. The van der Waals surface area contributed by atoms with Crippen LogP contribution in [0.1, 0.15) is 39.6 Å². The maximum atomic E-state index is 13.1. The minimum absolute atomic E-state index is 0.0203. The number of hydrogen-bond donors (Lipinski definition) is 2. The van der Waals surface area contributed by atoms with Crippen LogP contribution in [0.2, 0.25) is 0 Å². The fourth-order valence-electron chi connectivity index (χ4n) is 3.77. The molecule has 0 fully saturated rings. The highest BCUT2D eigenvalue weighted by Crippen LogP contribution is 2.37. The number of anilines is 1. The number of benzene rings is 1. The highest BCUT2D eigenvalue weighted by molar-refractivity contribution is 6.02. The van der Waals surface area contributed by atoms with Crippen LogP contribution in [-0.4, -0.2) is 51.6 Å². The Morgan fingerprint density at radius 3 is 2.85 bits per heavy atom. The molecule has 2 amide bonds. The molecule has 1 aromatic heterocycles. The largest absolute Gasteiger partial charge is 0.476 e. The second-order valence-corrected chi connectivity index (χ2v) is 6.61. The highest BCUT2D eigenvalue weighted by Gasteiger charge is 2.37. The molecule has 4 rings (SSSR count). The van der Waals surface area contributed by atoms with Gasteiger partial charge < -0.3 is 14.9 Å². The van der Waals surface area contributed by atoms with Crippen molar-refractivity contribution in [3.05, 3.63) is 46.8 Å². The van der Waals surface area contributed by atoms with Crippen molar-refractivity contribution in [3.63, 3.8) is 0 Å². The maximum Gasteiger partial charge on any atom is 0.356 e. The average Bonchev–Trinajstić information content (AvgIpc) is 3.07. The first-order chi connectivity index (χ1) is 12.5. The van der Waals surface area contributed by atoms with Crippen LogP contribution in [0, 0.1) is 0 Å². The summed E-state index contributed by atoms with van der Waals surface area (Å²) in [4.78, 5) is 39.9. The van der Waals surface area contributed by atoms with Crippen LogP contribution in [0.3, 0.4) is 0 Å². The molecule has 2 N–H and O–H groups in total. The summed E-state index contributed by atoms with van der Waals surface area (Å²) in [6.07, 6.45) is 0.570. The fourth-order valence-corrected chi connectivity index (χ4v) is 3.77. The van der Waals surface area contributed by atoms with Gasteiger partial charge in [0.15, 0.2) is 5.69 Å². The molecule has 2 aliphatic rings. The van der Waals surface area contributed by atoms with Crippen molar-refractivity contribution >= 4 is 23.5 Å². The lowest BCUT2D eigenvalue weighted by Crippen LogP contribution is -2.43. The number of aromatic carboxylic acids is 1. The minimum Gasteiger partial charge on any atom is -0.476 e. The summed E-state index contributed by atoms with van der Waals surface area (Å²) in [6.45, 7) is 0.686. The van der Waals surface area contributed by atoms with Crippen LogP contribution in [-0.2, 0) is 22.6 Å². The van der Waals surface area contributed by atoms with Crippen LogP contribution in [0.15, 0.2) is 24.3 Å². The lowest BCUT2D eigenvalue weighted by molar-refractivity contribution is -0.136. The lowest BCUT2D eigenvalue weighted by atomic mass is 9.88. The summed E-state index contributed by atoms with van der Waals surface area (Å²) in [6, 6.07) is 7.44. The Morgan fingerprint density at radius 2 is 2.08 bits per heavy atom. The Labute approximate surface area is 149 Å². The van der Waals surface area contributed by atoms with Crippen molar-refractivity contribution in [2.75, 3.05) is 18.5 Å². The van der Waals surface area contributed by atoms with E-state index in [9.17, 15) is 14.4 Å². The molecule has 0 bridgehead atoms. The number of nitrogens with one attached hydrogen (secondary N) is 1. The van der Waals surface area contributed by atoms with Gasteiger partial charge in [-0.1, -0.05) is 18.2 Å². The van der Waals surface area contributed by atoms with Gasteiger partial charge in [0.1, 0.15) is 0 Å². The Morgan fingerprint density at radius 1 is 1.31 bits per heavy atom. The summed E-state index contributed by atoms with van der Waals surface area (Å²) >= 11 is 0. The van der Waals surface area contributed by atoms with Gasteiger partial charge in [0.25, 0.3) is 0 Å². The van der Waals surface area contributed by atoms with Crippen LogP contribution in [0.4, 0.5) is 5.69 Å². The normalized spacial score (nSPS) is 19.1. The second-order valence-electron chi connectivity index (χ2n) is 6.61. The molecule has 1 atom stereocenters. The van der Waals surface area contributed by atoms with E-state index in [1.807, 2.05) is 24.3 Å². The Bertz CT molecular complexity index is 920. The van der Waals surface area contributed by atoms with Gasteiger partial charge in [0, 0.05) is 31.3 Å². The third-order valence-corrected chi connectivity index (χ3v) is 5.17. The van der Waals surface area contributed by atoms with Gasteiger partial charge in [-0.2, -0.15) is 5.10 Å². The zero-order chi connectivity index (χ0) is 18.4. The number of aromatic amines is 1. The molecule has 8 nitrogen and oxygen atoms in total. The highest BCUT2D eigenvalue weighted by atomic mass is 16.4. The molecule has 1 unspecified atom stereocenters. The molecular weight excluding hydrogens is 336 g/mol. The SMILES string of the molecule is CN1C(=O)CC(C(=O)N2CCc3c(C(=O)O)n[nH]c3C2)c2ccccc21. The third kappa shape index (κ3) is 2.45. The fraction of sp³-hybridized carbons (Fsp3) is 0.333. The van der Waals surface area contributed by atoms with E-state index in [1.54, 1.807) is 16.8 Å². The quantitative estimate of drug-likeness (QED) is 0.841. The smallest absolute Gasteiger partial charge is 0.356 e. The maximum absolute atomic E-state index is 13.1. The molecular formula is C18H18N4O4. The molecule has 1 aromatic carbocycles. The molecule has 0 saturated carbocycles. The Hall–Kier alpha value is -3.16. The van der Waals surface area contributed by atoms with E-state index >= 15 is 0 Å². The molecule has 3 heterocycles. The number of hydrogen-bond acceptors (Lipinski definition) is 4. The van der Waals surface area contributed by atoms with Crippen molar-refractivity contribution in [3.8, 4) is 0 Å². The predicted octanol–water partition coefficient (Wildman–Crippen LogP) is 1.14. The monoisotopic (exact) mass is 354 g/mol. The number of aromatic nitrogens is 2. The Kier molecular flexibility index (Phi) is 3.75. The van der Waals surface area contributed by atoms with Gasteiger partial charge in [-0.3, -0.25) is 14.7 Å². The minimum atomic E-state index is -1.07. The summed E-state index contributed by atoms with van der Waals surface area (Å²) in [5.41, 5.74) is 2.93. The van der Waals surface area contributed by atoms with Gasteiger partial charge in [-0.15, -0.1) is 0 Å². The molecule has 0 saturated heterocycles. The first kappa shape index (κ1) is 16.3. The van der Waals surface area contributed by atoms with Crippen molar-refractivity contribution in [1.82, 2.24) is 15.1 Å². The van der Waals surface area contributed by atoms with Gasteiger partial charge in [0.05, 0.1) is 18.2 Å². The van der Waals surface area contributed by atoms with Crippen LogP contribution in [0.5, 0.6) is 0 Å². The topological polar surface area (TPSA) is 107 Å². The molecule has 26 heavy (non-hydrogen) atoms. The molecule has 8 heteroatoms. The number of para-hydroxylation sites is 1. The number of nitrogens with zero attached hydrogens (tertiary/aromatic N) is 3. The first-order valence-electron chi connectivity index (χ1n) is 8.41. The van der Waals surface area contributed by atoms with Crippen molar-refractivity contribution < 1.29 is 19.5 Å². The first-order valence-corrected chi connectivity index (χ1v) is 8.41. The van der Waals surface area contributed by atoms with E-state index in [0.717, 1.165) is 11.3 Å². The summed E-state index contributed by atoms with van der Waals surface area (Å²) in [5.74, 6) is -1.79. The van der Waals surface area contributed by atoms with Crippen molar-refractivity contribution in [2.45, 2.75) is 25.3 Å². The second kappa shape index (κ2) is 5.98. The number of carboxylic acid groups (broad SMARTS) is 1. The molecule has 2 aliphatic heterocycles. The van der Waals surface area contributed by atoms with Gasteiger partial charge in [0.2, 0.25) is 11.8 Å². The third-order valence-electron chi connectivity index (χ3n) is 5.17. The van der Waals surface area contributed by atoms with E-state index in [-0.39, 0.29) is 30.5 Å². The summed E-state index contributed by atoms with van der Waals surface area (Å²) in [5, 5.41) is 15.7. The molecule has 0 aliphatic carbocycles. The number of carboxylic acids is 1. The van der Waals surface area contributed by atoms with Crippen molar-refractivity contribution in [1.29, 1.82) is 0 Å². The van der Waals surface area contributed by atoms with E-state index < -0.39 is 11.9 Å². The van der Waals surface area contributed by atoms with E-state index in [1.165, 1.54) is 0 Å². The molecule has 2 aromatic rings. The number of rotatable bonds is 2. The summed E-state index contributed by atoms with van der Waals surface area (Å²) in [7, 11) is 1.72. The van der Waals surface area contributed by atoms with Gasteiger partial charge in [-0.25, -0.2) is 4.79 Å². The molecule has 0 spiro atoms. The summed E-state index contributed by atoms with van der Waals surface area (Å²) < 4.78 is 0. The predicted molar refractivity (Wildman–Crippen MR) is 91.9 cm³/mol. The van der Waals surface area contributed by atoms with E-state index in [2.05, 4.69) is 10.2 Å². The lowest BCUT2D eigenvalue weighted by Gasteiger charge is -2.35. The number of fused-ring (bicyclic) bond motifs is 2. The number of carbonyl (C=O) groups is 3. The average molecular weight is 354 g/mol. The van der Waals surface area contributed by atoms with Crippen LogP contribution >= 0.6 is 0 Å². The zero-order valence-corrected chi connectivity index (χ0v) is 14.2. The molecule has 134 valence electrons. The number of carbonyl (C=O) groups excluding carboxylic acids is 2. The van der Waals surface area contributed by atoms with E-state index in [0.29, 0.717) is 24.2 Å². The standard InChI is InChI=1S/C18H18N4O4/c1-21-14-5-3-2-4-10(14)12(8-15(21)23)17(24)22-7-6-11-13(9-22)19-20-16(11)18(25)26/h2-5,12H,6-9H2,1H3,(H,19,20)(H,25,26). The van der Waals surface area contributed by atoms with Gasteiger partial charge in [-0.05, 0) is 18.1 Å². The van der Waals surface area contributed by atoms with Gasteiger partial charge >= 0.3 is 5.97 Å². The number of H-pyrrole nitrogens is 1. The van der Waals surface area contributed by atoms with E-state index in [4.69, 9.17) is 5.11 Å². The van der Waals surface area contributed by atoms with Crippen LogP contribution < -0.4 is 4.90 Å². The van der Waals surface area contributed by atoms with Crippen molar-refractivity contribution in [2.24, 2.45) is 0 Å². The zero-order valence-electron chi connectivity index (χ0n) is 14.2.